The quantitative estimate of drug-likeness (QED) is 0.436. The molecule has 4 saturated carbocycles. The first-order valence-electron chi connectivity index (χ1n) is 13.4. The van der Waals surface area contributed by atoms with Crippen molar-refractivity contribution in [1.82, 2.24) is 20.4 Å². The standard InChI is InChI=1S/C27H41N5O5/c1-6-21(33)31-26(4,5)7-8-32-24(36-15-16(2)3)20(14-29-32)23(34)30-22-18-9-17-10-19(22)13-27(11-17,12-18)37-25(28)35/h7-8,14,16-19,22H,6,9-13,15H2,1-5H3,(H2,28,35)(H,30,34)(H,31,33)/b8-7+/t17?,18?,19?,22-,27-. The molecule has 4 aliphatic carbocycles. The van der Waals surface area contributed by atoms with E-state index in [1.54, 1.807) is 17.8 Å². The van der Waals surface area contributed by atoms with Gasteiger partial charge in [0.15, 0.2) is 0 Å². The number of nitrogens with one attached hydrogen (secondary N) is 2. The molecule has 10 heteroatoms. The number of hydrogen-bond donors (Lipinski definition) is 3. The van der Waals surface area contributed by atoms with E-state index in [-0.39, 0.29) is 35.6 Å². The van der Waals surface area contributed by atoms with Crippen LogP contribution in [0.25, 0.3) is 6.20 Å². The van der Waals surface area contributed by atoms with Crippen molar-refractivity contribution < 1.29 is 23.9 Å². The van der Waals surface area contributed by atoms with Crippen LogP contribution in [0.3, 0.4) is 0 Å². The lowest BCUT2D eigenvalue weighted by Gasteiger charge is -2.58. The van der Waals surface area contributed by atoms with Gasteiger partial charge < -0.3 is 25.8 Å². The van der Waals surface area contributed by atoms with Gasteiger partial charge >= 0.3 is 6.09 Å². The van der Waals surface area contributed by atoms with Crippen molar-refractivity contribution in [3.63, 3.8) is 0 Å². The smallest absolute Gasteiger partial charge is 0.405 e. The largest absolute Gasteiger partial charge is 0.477 e. The molecule has 10 nitrogen and oxygen atoms in total. The lowest BCUT2D eigenvalue weighted by atomic mass is 9.52. The molecule has 4 fully saturated rings. The summed E-state index contributed by atoms with van der Waals surface area (Å²) in [6.07, 6.45) is 9.11. The molecule has 0 radical (unpaired) electrons. The number of ether oxygens (including phenoxy) is 2. The molecule has 37 heavy (non-hydrogen) atoms. The van der Waals surface area contributed by atoms with E-state index in [9.17, 15) is 14.4 Å². The first kappa shape index (κ1) is 27.0. The van der Waals surface area contributed by atoms with E-state index in [0.29, 0.717) is 30.4 Å². The third-order valence-electron chi connectivity index (χ3n) is 7.79. The van der Waals surface area contributed by atoms with Crippen molar-refractivity contribution in [2.75, 3.05) is 6.61 Å². The summed E-state index contributed by atoms with van der Waals surface area (Å²) in [6.45, 7) is 10.1. The Kier molecular flexibility index (Phi) is 7.57. The van der Waals surface area contributed by atoms with Crippen molar-refractivity contribution in [2.24, 2.45) is 29.4 Å². The molecule has 204 valence electrons. The highest BCUT2D eigenvalue weighted by atomic mass is 16.6. The van der Waals surface area contributed by atoms with Crippen LogP contribution in [-0.4, -0.2) is 51.5 Å². The second-order valence-corrected chi connectivity index (χ2v) is 12.0. The number of carbonyl (C=O) groups excluding carboxylic acids is 3. The fourth-order valence-electron chi connectivity index (χ4n) is 6.50. The zero-order chi connectivity index (χ0) is 27.0. The van der Waals surface area contributed by atoms with Crippen molar-refractivity contribution in [1.29, 1.82) is 0 Å². The Hall–Kier alpha value is -3.04. The summed E-state index contributed by atoms with van der Waals surface area (Å²) in [7, 11) is 0. The first-order valence-corrected chi connectivity index (χ1v) is 13.4. The molecule has 2 unspecified atom stereocenters. The minimum atomic E-state index is -0.715. The number of rotatable bonds is 10. The van der Waals surface area contributed by atoms with Crippen LogP contribution in [0.2, 0.25) is 0 Å². The minimum Gasteiger partial charge on any atom is -0.477 e. The molecule has 0 aromatic carbocycles. The summed E-state index contributed by atoms with van der Waals surface area (Å²) in [5.41, 5.74) is 4.67. The summed E-state index contributed by atoms with van der Waals surface area (Å²) in [4.78, 5) is 36.9. The third kappa shape index (κ3) is 6.10. The number of carbonyl (C=O) groups is 3. The van der Waals surface area contributed by atoms with Crippen molar-refractivity contribution in [3.8, 4) is 5.88 Å². The Bertz CT molecular complexity index is 1050. The van der Waals surface area contributed by atoms with Crippen LogP contribution in [0.4, 0.5) is 4.79 Å². The second kappa shape index (κ2) is 10.4. The van der Waals surface area contributed by atoms with Crippen molar-refractivity contribution in [3.05, 3.63) is 17.8 Å². The number of nitrogens with two attached hydrogens (primary N) is 1. The predicted molar refractivity (Wildman–Crippen MR) is 139 cm³/mol. The van der Waals surface area contributed by atoms with Gasteiger partial charge in [-0.15, -0.1) is 0 Å². The highest BCUT2D eigenvalue weighted by molar-refractivity contribution is 5.96. The topological polar surface area (TPSA) is 138 Å². The summed E-state index contributed by atoms with van der Waals surface area (Å²) in [6, 6.07) is 0.00804. The monoisotopic (exact) mass is 515 g/mol. The zero-order valence-corrected chi connectivity index (χ0v) is 22.6. The van der Waals surface area contributed by atoms with Gasteiger partial charge in [-0.2, -0.15) is 5.10 Å². The molecule has 1 aromatic rings. The van der Waals surface area contributed by atoms with E-state index in [4.69, 9.17) is 15.2 Å². The molecule has 1 aromatic heterocycles. The van der Waals surface area contributed by atoms with Gasteiger partial charge in [0, 0.05) is 18.7 Å². The number of nitrogens with zero attached hydrogens (tertiary/aromatic N) is 2. The maximum atomic E-state index is 13.5. The lowest BCUT2D eigenvalue weighted by molar-refractivity contribution is -0.137. The Labute approximate surface area is 218 Å². The molecule has 3 amide bonds. The molecule has 4 bridgehead atoms. The highest BCUT2D eigenvalue weighted by Crippen LogP contribution is 2.57. The molecule has 5 rings (SSSR count). The number of aromatic nitrogens is 2. The molecule has 0 spiro atoms. The van der Waals surface area contributed by atoms with Gasteiger partial charge in [-0.3, -0.25) is 9.59 Å². The van der Waals surface area contributed by atoms with Gasteiger partial charge in [-0.25, -0.2) is 9.48 Å². The van der Waals surface area contributed by atoms with Crippen LogP contribution >= 0.6 is 0 Å². The summed E-state index contributed by atoms with van der Waals surface area (Å²) < 4.78 is 13.2. The van der Waals surface area contributed by atoms with Gasteiger partial charge in [0.25, 0.3) is 5.91 Å². The Balaban J connectivity index is 1.51. The van der Waals surface area contributed by atoms with E-state index >= 15 is 0 Å². The second-order valence-electron chi connectivity index (χ2n) is 12.0. The summed E-state index contributed by atoms with van der Waals surface area (Å²) >= 11 is 0. The lowest BCUT2D eigenvalue weighted by Crippen LogP contribution is -2.63. The van der Waals surface area contributed by atoms with Crippen LogP contribution in [0.1, 0.15) is 83.5 Å². The molecule has 0 saturated heterocycles. The Morgan fingerprint density at radius 1 is 1.24 bits per heavy atom. The number of hydrogen-bond acceptors (Lipinski definition) is 6. The number of primary amides is 1. The van der Waals surface area contributed by atoms with E-state index < -0.39 is 17.2 Å². The minimum absolute atomic E-state index is 0.00804. The highest BCUT2D eigenvalue weighted by Gasteiger charge is 2.57. The molecule has 2 atom stereocenters. The van der Waals surface area contributed by atoms with Gasteiger partial charge in [0.2, 0.25) is 11.8 Å². The fraction of sp³-hybridized carbons (Fsp3) is 0.704. The maximum absolute atomic E-state index is 13.5. The van der Waals surface area contributed by atoms with Crippen molar-refractivity contribution in [2.45, 2.75) is 90.3 Å². The van der Waals surface area contributed by atoms with Gasteiger partial charge in [-0.05, 0) is 75.7 Å². The van der Waals surface area contributed by atoms with E-state index in [0.717, 1.165) is 32.1 Å². The normalized spacial score (nSPS) is 28.5. The molecular formula is C27H41N5O5. The SMILES string of the molecule is CCC(=O)NC(C)(C)/C=C/n1ncc(C(=O)N[C@H]2C3CC4CC2C[C@](OC(N)=O)(C4)C3)c1OCC(C)C. The van der Waals surface area contributed by atoms with Gasteiger partial charge in [0.1, 0.15) is 11.2 Å². The summed E-state index contributed by atoms with van der Waals surface area (Å²) in [5, 5.41) is 10.6. The Morgan fingerprint density at radius 2 is 1.92 bits per heavy atom. The van der Waals surface area contributed by atoms with Crippen LogP contribution in [0.5, 0.6) is 5.88 Å². The van der Waals surface area contributed by atoms with Crippen LogP contribution < -0.4 is 21.1 Å². The average Bonchev–Trinajstić information content (AvgIpc) is 3.20. The predicted octanol–water partition coefficient (Wildman–Crippen LogP) is 3.47. The van der Waals surface area contributed by atoms with Crippen LogP contribution in [-0.2, 0) is 9.53 Å². The molecule has 4 aliphatic rings. The van der Waals surface area contributed by atoms with E-state index in [1.807, 2.05) is 33.8 Å². The number of amides is 3. The van der Waals surface area contributed by atoms with E-state index in [1.165, 1.54) is 6.20 Å². The molecule has 0 aliphatic heterocycles. The summed E-state index contributed by atoms with van der Waals surface area (Å²) in [5.74, 6) is 1.34. The van der Waals surface area contributed by atoms with Gasteiger partial charge in [-0.1, -0.05) is 20.8 Å². The average molecular weight is 516 g/mol. The molecule has 1 heterocycles. The van der Waals surface area contributed by atoms with E-state index in [2.05, 4.69) is 15.7 Å². The Morgan fingerprint density at radius 3 is 2.51 bits per heavy atom. The molecular weight excluding hydrogens is 474 g/mol. The first-order chi connectivity index (χ1) is 17.4. The zero-order valence-electron chi connectivity index (χ0n) is 22.6. The van der Waals surface area contributed by atoms with Crippen LogP contribution in [0, 0.1) is 23.7 Å². The van der Waals surface area contributed by atoms with Crippen molar-refractivity contribution >= 4 is 24.1 Å². The fourth-order valence-corrected chi connectivity index (χ4v) is 6.50. The van der Waals surface area contributed by atoms with Crippen LogP contribution in [0.15, 0.2) is 12.3 Å². The maximum Gasteiger partial charge on any atom is 0.405 e. The van der Waals surface area contributed by atoms with Gasteiger partial charge in [0.05, 0.1) is 18.3 Å². The molecule has 4 N–H and O–H groups in total. The third-order valence-corrected chi connectivity index (χ3v) is 7.79.